The maximum absolute atomic E-state index is 13.6. The summed E-state index contributed by atoms with van der Waals surface area (Å²) in [6, 6.07) is 10.2. The van der Waals surface area contributed by atoms with E-state index in [0.29, 0.717) is 31.7 Å². The van der Waals surface area contributed by atoms with Crippen LogP contribution in [0.5, 0.6) is 0 Å². The lowest BCUT2D eigenvalue weighted by atomic mass is 9.80. The van der Waals surface area contributed by atoms with Gasteiger partial charge in [-0.3, -0.25) is 9.59 Å². The average molecular weight is 480 g/mol. The number of rotatable bonds is 11. The average Bonchev–Trinajstić information content (AvgIpc) is 3.37. The molecule has 2 amide bonds. The number of carbonyl (C=O) groups is 2. The fourth-order valence-electron chi connectivity index (χ4n) is 5.61. The van der Waals surface area contributed by atoms with E-state index in [2.05, 4.69) is 59.4 Å². The van der Waals surface area contributed by atoms with E-state index in [9.17, 15) is 9.59 Å². The van der Waals surface area contributed by atoms with E-state index < -0.39 is 11.6 Å². The Bertz CT molecular complexity index is 936. The third-order valence-corrected chi connectivity index (χ3v) is 7.59. The topological polar surface area (TPSA) is 70.5 Å². The van der Waals surface area contributed by atoms with Crippen molar-refractivity contribution in [2.75, 3.05) is 26.2 Å². The second-order valence-corrected chi connectivity index (χ2v) is 10.6. The van der Waals surface area contributed by atoms with Gasteiger partial charge >= 0.3 is 0 Å². The van der Waals surface area contributed by atoms with Crippen molar-refractivity contribution in [3.8, 4) is 0 Å². The van der Waals surface area contributed by atoms with E-state index in [1.165, 1.54) is 12.0 Å². The van der Waals surface area contributed by atoms with Crippen LogP contribution >= 0.6 is 0 Å². The molecule has 190 valence electrons. The van der Waals surface area contributed by atoms with E-state index in [0.717, 1.165) is 45.4 Å². The summed E-state index contributed by atoms with van der Waals surface area (Å²) in [5.41, 5.74) is 0.685. The molecule has 2 aromatic rings. The highest BCUT2D eigenvalue weighted by molar-refractivity contribution is 6.00. The Balaban J connectivity index is 1.34. The molecule has 35 heavy (non-hydrogen) atoms. The number of hydrogen-bond donors (Lipinski definition) is 1. The van der Waals surface area contributed by atoms with E-state index in [1.54, 1.807) is 12.5 Å². The van der Waals surface area contributed by atoms with Crippen LogP contribution in [0.15, 0.2) is 49.1 Å². The lowest BCUT2D eigenvalue weighted by Crippen LogP contribution is -2.73. The van der Waals surface area contributed by atoms with Gasteiger partial charge in [0, 0.05) is 38.6 Å². The lowest BCUT2D eigenvalue weighted by molar-refractivity contribution is -0.161. The minimum atomic E-state index is -0.708. The van der Waals surface area contributed by atoms with Crippen LogP contribution in [0.25, 0.3) is 0 Å². The third kappa shape index (κ3) is 6.31. The number of piperazine rings is 1. The highest BCUT2D eigenvalue weighted by Gasteiger charge is 2.53. The van der Waals surface area contributed by atoms with Gasteiger partial charge in [0.2, 0.25) is 11.8 Å². The fraction of sp³-hybridized carbons (Fsp3) is 0.607. The molecule has 0 bridgehead atoms. The second kappa shape index (κ2) is 11.8. The molecule has 1 aromatic carbocycles. The number of imidazole rings is 1. The molecule has 0 radical (unpaired) electrons. The number of amides is 2. The van der Waals surface area contributed by atoms with Crippen molar-refractivity contribution in [1.29, 1.82) is 0 Å². The zero-order chi connectivity index (χ0) is 24.7. The van der Waals surface area contributed by atoms with Gasteiger partial charge in [0.1, 0.15) is 11.6 Å². The SMILES string of the molecule is CC(C)C[C@@H]1NC(=O)C2(CCN(CCCCc3ccccc3)CC2)N(CCCn2ccnc2)C1=O. The monoisotopic (exact) mass is 479 g/mol. The molecule has 1 N–H and O–H groups in total. The van der Waals surface area contributed by atoms with Gasteiger partial charge in [-0.1, -0.05) is 44.2 Å². The summed E-state index contributed by atoms with van der Waals surface area (Å²) in [6.07, 6.45) is 11.9. The predicted molar refractivity (Wildman–Crippen MR) is 138 cm³/mol. The number of aryl methyl sites for hydroxylation is 2. The molecule has 1 spiro atoms. The summed E-state index contributed by atoms with van der Waals surface area (Å²) < 4.78 is 2.03. The van der Waals surface area contributed by atoms with Gasteiger partial charge in [-0.2, -0.15) is 0 Å². The Morgan fingerprint density at radius 1 is 1.03 bits per heavy atom. The molecule has 4 rings (SSSR count). The molecule has 1 aromatic heterocycles. The largest absolute Gasteiger partial charge is 0.342 e. The number of hydrogen-bond acceptors (Lipinski definition) is 4. The predicted octanol–water partition coefficient (Wildman–Crippen LogP) is 3.50. The van der Waals surface area contributed by atoms with Crippen LogP contribution in [-0.2, 0) is 22.6 Å². The first kappa shape index (κ1) is 25.4. The van der Waals surface area contributed by atoms with Crippen LogP contribution < -0.4 is 5.32 Å². The number of unbranched alkanes of at least 4 members (excludes halogenated alkanes) is 1. The van der Waals surface area contributed by atoms with Gasteiger partial charge < -0.3 is 19.7 Å². The molecule has 2 aliphatic rings. The Hall–Kier alpha value is -2.67. The molecular formula is C28H41N5O2. The van der Waals surface area contributed by atoms with Crippen LogP contribution in [-0.4, -0.2) is 68.9 Å². The first-order chi connectivity index (χ1) is 17.0. The summed E-state index contributed by atoms with van der Waals surface area (Å²) in [6.45, 7) is 8.37. The van der Waals surface area contributed by atoms with Crippen molar-refractivity contribution in [3.05, 3.63) is 54.6 Å². The van der Waals surface area contributed by atoms with Crippen LogP contribution in [0.4, 0.5) is 0 Å². The molecule has 2 saturated heterocycles. The Labute approximate surface area is 209 Å². The lowest BCUT2D eigenvalue weighted by Gasteiger charge is -2.52. The molecule has 2 aliphatic heterocycles. The molecule has 0 unspecified atom stereocenters. The highest BCUT2D eigenvalue weighted by atomic mass is 16.2. The van der Waals surface area contributed by atoms with Gasteiger partial charge in [-0.15, -0.1) is 0 Å². The van der Waals surface area contributed by atoms with Gasteiger partial charge in [0.05, 0.1) is 6.33 Å². The maximum atomic E-state index is 13.6. The van der Waals surface area contributed by atoms with Crippen molar-refractivity contribution < 1.29 is 9.59 Å². The molecule has 7 nitrogen and oxygen atoms in total. The van der Waals surface area contributed by atoms with E-state index >= 15 is 0 Å². The highest BCUT2D eigenvalue weighted by Crippen LogP contribution is 2.34. The quantitative estimate of drug-likeness (QED) is 0.501. The van der Waals surface area contributed by atoms with Crippen LogP contribution in [0.2, 0.25) is 0 Å². The fourth-order valence-corrected chi connectivity index (χ4v) is 5.61. The molecule has 2 fully saturated rings. The number of likely N-dealkylation sites (tertiary alicyclic amines) is 1. The molecule has 3 heterocycles. The second-order valence-electron chi connectivity index (χ2n) is 10.6. The van der Waals surface area contributed by atoms with Crippen molar-refractivity contribution >= 4 is 11.8 Å². The summed E-state index contributed by atoms with van der Waals surface area (Å²) in [4.78, 5) is 35.6. The first-order valence-corrected chi connectivity index (χ1v) is 13.3. The number of benzene rings is 1. The maximum Gasteiger partial charge on any atom is 0.246 e. The third-order valence-electron chi connectivity index (χ3n) is 7.59. The zero-order valence-electron chi connectivity index (χ0n) is 21.4. The number of nitrogens with one attached hydrogen (secondary N) is 1. The normalized spacial score (nSPS) is 20.5. The van der Waals surface area contributed by atoms with Crippen LogP contribution in [0.3, 0.4) is 0 Å². The molecular weight excluding hydrogens is 438 g/mol. The van der Waals surface area contributed by atoms with E-state index in [-0.39, 0.29) is 11.8 Å². The number of nitrogens with zero attached hydrogens (tertiary/aromatic N) is 4. The smallest absolute Gasteiger partial charge is 0.246 e. The Kier molecular flexibility index (Phi) is 8.60. The number of aromatic nitrogens is 2. The minimum Gasteiger partial charge on any atom is -0.342 e. The van der Waals surface area contributed by atoms with Crippen molar-refractivity contribution in [1.82, 2.24) is 24.7 Å². The zero-order valence-corrected chi connectivity index (χ0v) is 21.4. The van der Waals surface area contributed by atoms with Crippen LogP contribution in [0.1, 0.15) is 57.9 Å². The minimum absolute atomic E-state index is 0.0501. The first-order valence-electron chi connectivity index (χ1n) is 13.3. The van der Waals surface area contributed by atoms with E-state index in [4.69, 9.17) is 0 Å². The van der Waals surface area contributed by atoms with Crippen molar-refractivity contribution in [2.45, 2.75) is 76.9 Å². The van der Waals surface area contributed by atoms with E-state index in [1.807, 2.05) is 15.7 Å². The molecule has 7 heteroatoms. The van der Waals surface area contributed by atoms with Crippen LogP contribution in [0, 0.1) is 5.92 Å². The summed E-state index contributed by atoms with van der Waals surface area (Å²) >= 11 is 0. The standard InChI is InChI=1S/C28H41N5O2/c1-23(2)21-25-26(34)33(17-8-16-32-20-14-29-22-32)28(27(35)30-25)12-18-31(19-13-28)15-7-6-11-24-9-4-3-5-10-24/h3-5,9-10,14,20,22-23,25H,6-8,11-13,15-19,21H2,1-2H3,(H,30,35)/t25-/m0/s1. The van der Waals surface area contributed by atoms with Gasteiger partial charge in [0.15, 0.2) is 0 Å². The van der Waals surface area contributed by atoms with Gasteiger partial charge in [-0.25, -0.2) is 4.98 Å². The Morgan fingerprint density at radius 2 is 1.80 bits per heavy atom. The molecule has 1 atom stereocenters. The van der Waals surface area contributed by atoms with Crippen molar-refractivity contribution in [3.63, 3.8) is 0 Å². The molecule has 0 saturated carbocycles. The van der Waals surface area contributed by atoms with Gasteiger partial charge in [0.25, 0.3) is 0 Å². The summed E-state index contributed by atoms with van der Waals surface area (Å²) in [7, 11) is 0. The Morgan fingerprint density at radius 3 is 2.49 bits per heavy atom. The van der Waals surface area contributed by atoms with Gasteiger partial charge in [-0.05, 0) is 63.0 Å². The number of piperidine rings is 1. The summed E-state index contributed by atoms with van der Waals surface area (Å²) in [5, 5.41) is 3.11. The van der Waals surface area contributed by atoms with Crippen molar-refractivity contribution in [2.24, 2.45) is 5.92 Å². The molecule has 0 aliphatic carbocycles. The number of carbonyl (C=O) groups excluding carboxylic acids is 2. The summed E-state index contributed by atoms with van der Waals surface area (Å²) in [5.74, 6) is 0.498.